The fraction of sp³-hybridized carbons (Fsp3) is 0.385. The molecule has 12 heteroatoms. The second-order valence-corrected chi connectivity index (χ2v) is 11.6. The highest BCUT2D eigenvalue weighted by Gasteiger charge is 2.39. The van der Waals surface area contributed by atoms with Crippen LogP contribution in [0.15, 0.2) is 64.7 Å². The number of ether oxygens (including phenoxy) is 1. The van der Waals surface area contributed by atoms with Crippen LogP contribution in [0, 0.1) is 5.82 Å². The molecule has 1 N–H and O–H groups in total. The minimum atomic E-state index is -3.73. The summed E-state index contributed by atoms with van der Waals surface area (Å²) in [4.78, 5) is 29.6. The van der Waals surface area contributed by atoms with Crippen LogP contribution in [0.25, 0.3) is 0 Å². The van der Waals surface area contributed by atoms with Gasteiger partial charge >= 0.3 is 12.0 Å². The second-order valence-electron chi connectivity index (χ2n) is 9.23. The van der Waals surface area contributed by atoms with Crippen molar-refractivity contribution in [2.45, 2.75) is 30.8 Å². The number of likely N-dealkylation sites (N-methyl/N-ethyl adjacent to an activating group) is 1. The van der Waals surface area contributed by atoms with Gasteiger partial charge in [-0.1, -0.05) is 23.7 Å². The first-order chi connectivity index (χ1) is 18.0. The highest BCUT2D eigenvalue weighted by Crippen LogP contribution is 2.32. The summed E-state index contributed by atoms with van der Waals surface area (Å²) in [6.45, 7) is 4.86. The maximum atomic E-state index is 13.6. The molecule has 0 radical (unpaired) electrons. The number of carbonyl (C=O) groups is 2. The molecule has 1 fully saturated rings. The lowest BCUT2D eigenvalue weighted by Crippen LogP contribution is -2.56. The average Bonchev–Trinajstić information content (AvgIpc) is 2.87. The summed E-state index contributed by atoms with van der Waals surface area (Å²) in [7, 11) is -2.16. The monoisotopic (exact) mass is 564 g/mol. The molecule has 2 aliphatic rings. The summed E-state index contributed by atoms with van der Waals surface area (Å²) >= 11 is 5.92. The van der Waals surface area contributed by atoms with Crippen molar-refractivity contribution in [2.24, 2.45) is 0 Å². The van der Waals surface area contributed by atoms with E-state index in [1.54, 1.807) is 26.1 Å². The van der Waals surface area contributed by atoms with Gasteiger partial charge in [0.1, 0.15) is 5.82 Å². The summed E-state index contributed by atoms with van der Waals surface area (Å²) in [5.74, 6) is -1.02. The Hall–Kier alpha value is -2.99. The molecule has 0 saturated carbocycles. The Labute approximate surface area is 226 Å². The topological polar surface area (TPSA) is 99.3 Å². The van der Waals surface area contributed by atoms with E-state index in [-0.39, 0.29) is 36.2 Å². The van der Waals surface area contributed by atoms with Gasteiger partial charge in [-0.15, -0.1) is 0 Å². The Morgan fingerprint density at radius 1 is 1.13 bits per heavy atom. The molecule has 0 spiro atoms. The summed E-state index contributed by atoms with van der Waals surface area (Å²) < 4.78 is 46.8. The third kappa shape index (κ3) is 5.70. The van der Waals surface area contributed by atoms with Gasteiger partial charge in [0, 0.05) is 50.0 Å². The highest BCUT2D eigenvalue weighted by molar-refractivity contribution is 7.89. The van der Waals surface area contributed by atoms with E-state index in [4.69, 9.17) is 16.3 Å². The number of hydrogen-bond donors (Lipinski definition) is 1. The van der Waals surface area contributed by atoms with E-state index in [1.165, 1.54) is 45.6 Å². The molecule has 2 atom stereocenters. The second kappa shape index (κ2) is 11.4. The molecular weight excluding hydrogens is 535 g/mol. The molecule has 0 aliphatic carbocycles. The highest BCUT2D eigenvalue weighted by atomic mass is 35.5. The molecule has 2 aliphatic heterocycles. The number of nitrogens with zero attached hydrogens (tertiary/aromatic N) is 3. The molecular formula is C26H30ClFN4O5S. The van der Waals surface area contributed by atoms with Gasteiger partial charge < -0.3 is 10.1 Å². The van der Waals surface area contributed by atoms with Crippen molar-refractivity contribution in [3.8, 4) is 0 Å². The largest absolute Gasteiger partial charge is 0.463 e. The number of nitrogens with one attached hydrogen (secondary N) is 1. The quantitative estimate of drug-likeness (QED) is 0.518. The third-order valence-corrected chi connectivity index (χ3v) is 9.00. The first-order valence-corrected chi connectivity index (χ1v) is 14.0. The Morgan fingerprint density at radius 3 is 2.39 bits per heavy atom. The molecule has 2 aromatic carbocycles. The number of carbonyl (C=O) groups excluding carboxylic acids is 2. The van der Waals surface area contributed by atoms with Crippen LogP contribution < -0.4 is 5.32 Å². The smallest absolute Gasteiger partial charge is 0.338 e. The molecule has 204 valence electrons. The standard InChI is InChI=1S/C26H30ClFN4O5S/c1-4-37-25(33)23-22(30(3)26(34)29-24(23)18-5-9-20(28)10-6-18)16-31-13-14-32(17(2)15-31)38(35,36)21-11-7-19(27)8-12-21/h5-12,17,24H,4,13-16H2,1-3H3,(H,29,34)/t17-,24+/m0/s1. The number of rotatable bonds is 7. The van der Waals surface area contributed by atoms with E-state index in [0.717, 1.165) is 0 Å². The van der Waals surface area contributed by atoms with Crippen molar-refractivity contribution in [2.75, 3.05) is 39.8 Å². The summed E-state index contributed by atoms with van der Waals surface area (Å²) in [6.07, 6.45) is 0. The predicted octanol–water partition coefficient (Wildman–Crippen LogP) is 3.39. The van der Waals surface area contributed by atoms with Crippen LogP contribution in [0.3, 0.4) is 0 Å². The Bertz CT molecular complexity index is 1330. The van der Waals surface area contributed by atoms with E-state index in [2.05, 4.69) is 5.32 Å². The van der Waals surface area contributed by atoms with Crippen LogP contribution >= 0.6 is 11.6 Å². The maximum absolute atomic E-state index is 13.6. The predicted molar refractivity (Wildman–Crippen MR) is 140 cm³/mol. The van der Waals surface area contributed by atoms with Gasteiger partial charge in [-0.3, -0.25) is 9.80 Å². The number of sulfonamides is 1. The first-order valence-electron chi connectivity index (χ1n) is 12.2. The average molecular weight is 565 g/mol. The molecule has 38 heavy (non-hydrogen) atoms. The molecule has 0 bridgehead atoms. The minimum Gasteiger partial charge on any atom is -0.463 e. The van der Waals surface area contributed by atoms with Gasteiger partial charge in [0.2, 0.25) is 10.0 Å². The van der Waals surface area contributed by atoms with Crippen molar-refractivity contribution < 1.29 is 27.1 Å². The lowest BCUT2D eigenvalue weighted by atomic mass is 9.94. The van der Waals surface area contributed by atoms with Crippen LogP contribution in [-0.4, -0.2) is 80.4 Å². The lowest BCUT2D eigenvalue weighted by molar-refractivity contribution is -0.139. The van der Waals surface area contributed by atoms with Crippen molar-refractivity contribution in [3.63, 3.8) is 0 Å². The van der Waals surface area contributed by atoms with Crippen LogP contribution in [0.1, 0.15) is 25.5 Å². The summed E-state index contributed by atoms with van der Waals surface area (Å²) in [5, 5.41) is 3.26. The van der Waals surface area contributed by atoms with Crippen LogP contribution in [-0.2, 0) is 19.6 Å². The molecule has 4 rings (SSSR count). The summed E-state index contributed by atoms with van der Waals surface area (Å²) in [5.41, 5.74) is 1.24. The van der Waals surface area contributed by atoms with E-state index in [0.29, 0.717) is 29.4 Å². The molecule has 2 heterocycles. The number of hydrogen-bond acceptors (Lipinski definition) is 6. The molecule has 9 nitrogen and oxygen atoms in total. The zero-order chi connectivity index (χ0) is 27.6. The first kappa shape index (κ1) is 28.0. The Balaban J connectivity index is 1.62. The van der Waals surface area contributed by atoms with Crippen molar-refractivity contribution >= 4 is 33.6 Å². The van der Waals surface area contributed by atoms with Gasteiger partial charge in [-0.2, -0.15) is 4.31 Å². The fourth-order valence-electron chi connectivity index (χ4n) is 4.77. The maximum Gasteiger partial charge on any atom is 0.338 e. The number of halogens is 2. The molecule has 2 aromatic rings. The Morgan fingerprint density at radius 2 is 1.79 bits per heavy atom. The third-order valence-electron chi connectivity index (χ3n) is 6.72. The zero-order valence-electron chi connectivity index (χ0n) is 21.4. The molecule has 1 saturated heterocycles. The van der Waals surface area contributed by atoms with Gasteiger partial charge in [0.15, 0.2) is 0 Å². The number of urea groups is 1. The van der Waals surface area contributed by atoms with E-state index >= 15 is 0 Å². The molecule has 0 unspecified atom stereocenters. The SMILES string of the molecule is CCOC(=O)C1=C(CN2CCN(S(=O)(=O)c3ccc(Cl)cc3)[C@@H](C)C2)N(C)C(=O)N[C@@H]1c1ccc(F)cc1. The van der Waals surface area contributed by atoms with E-state index in [9.17, 15) is 22.4 Å². The van der Waals surface area contributed by atoms with Gasteiger partial charge in [0.05, 0.1) is 23.1 Å². The number of piperazine rings is 1. The van der Waals surface area contributed by atoms with E-state index in [1.807, 2.05) is 11.8 Å². The fourth-order valence-corrected chi connectivity index (χ4v) is 6.51. The normalized spacial score (nSPS) is 21.4. The number of esters is 1. The number of benzene rings is 2. The van der Waals surface area contributed by atoms with Crippen LogP contribution in [0.5, 0.6) is 0 Å². The lowest BCUT2D eigenvalue weighted by Gasteiger charge is -2.41. The van der Waals surface area contributed by atoms with Crippen molar-refractivity contribution in [1.82, 2.24) is 19.4 Å². The van der Waals surface area contributed by atoms with Crippen LogP contribution in [0.4, 0.5) is 9.18 Å². The Kier molecular flexibility index (Phi) is 8.41. The van der Waals surface area contributed by atoms with E-state index < -0.39 is 33.9 Å². The van der Waals surface area contributed by atoms with Gasteiger partial charge in [-0.05, 0) is 55.8 Å². The van der Waals surface area contributed by atoms with Crippen molar-refractivity contribution in [3.05, 3.63) is 76.2 Å². The van der Waals surface area contributed by atoms with Crippen molar-refractivity contribution in [1.29, 1.82) is 0 Å². The summed E-state index contributed by atoms with van der Waals surface area (Å²) in [6, 6.07) is 10.0. The van der Waals surface area contributed by atoms with Gasteiger partial charge in [0.25, 0.3) is 0 Å². The molecule has 2 amide bonds. The number of amides is 2. The molecule has 0 aromatic heterocycles. The van der Waals surface area contributed by atoms with Crippen LogP contribution in [0.2, 0.25) is 5.02 Å². The zero-order valence-corrected chi connectivity index (χ0v) is 22.9. The van der Waals surface area contributed by atoms with Gasteiger partial charge in [-0.25, -0.2) is 22.4 Å². The minimum absolute atomic E-state index is 0.141.